The molecule has 0 bridgehead atoms. The zero-order chi connectivity index (χ0) is 17.7. The van der Waals surface area contributed by atoms with Crippen LogP contribution in [0, 0.1) is 5.41 Å². The minimum Gasteiger partial charge on any atom is -0.366 e. The van der Waals surface area contributed by atoms with Crippen molar-refractivity contribution >= 4 is 11.8 Å². The second kappa shape index (κ2) is 7.79. The fourth-order valence-corrected chi connectivity index (χ4v) is 2.80. The highest BCUT2D eigenvalue weighted by Crippen LogP contribution is 2.33. The SMILES string of the molecule is CC(=O)NCCC(=O)N1C[C@@H](c2ccccc2)O[C@@H](C(C)(C)C)C1. The Morgan fingerprint density at radius 1 is 1.21 bits per heavy atom. The van der Waals surface area contributed by atoms with Crippen molar-refractivity contribution in [2.75, 3.05) is 19.6 Å². The highest BCUT2D eigenvalue weighted by molar-refractivity contribution is 5.78. The van der Waals surface area contributed by atoms with Gasteiger partial charge in [-0.05, 0) is 11.0 Å². The standard InChI is InChI=1S/C19H28N2O3/c1-14(22)20-11-10-18(23)21-12-16(15-8-6-5-7-9-15)24-17(13-21)19(2,3)4/h5-9,16-17H,10-13H2,1-4H3,(H,20,22)/t16-,17+/m0/s1. The molecule has 1 heterocycles. The molecule has 0 spiro atoms. The number of hydrogen-bond donors (Lipinski definition) is 1. The number of amides is 2. The third kappa shape index (κ3) is 5.06. The van der Waals surface area contributed by atoms with Crippen LogP contribution < -0.4 is 5.32 Å². The Bertz CT molecular complexity index is 566. The van der Waals surface area contributed by atoms with E-state index >= 15 is 0 Å². The van der Waals surface area contributed by atoms with Gasteiger partial charge in [0.15, 0.2) is 0 Å². The molecule has 1 aromatic rings. The van der Waals surface area contributed by atoms with Crippen molar-refractivity contribution in [3.8, 4) is 0 Å². The second-order valence-corrected chi connectivity index (χ2v) is 7.42. The third-order valence-corrected chi connectivity index (χ3v) is 4.30. The van der Waals surface area contributed by atoms with Crippen LogP contribution in [-0.2, 0) is 14.3 Å². The summed E-state index contributed by atoms with van der Waals surface area (Å²) >= 11 is 0. The first-order valence-corrected chi connectivity index (χ1v) is 8.50. The van der Waals surface area contributed by atoms with Gasteiger partial charge in [0.1, 0.15) is 6.10 Å². The van der Waals surface area contributed by atoms with Crippen LogP contribution in [0.1, 0.15) is 45.8 Å². The Labute approximate surface area is 144 Å². The van der Waals surface area contributed by atoms with E-state index < -0.39 is 0 Å². The molecule has 1 saturated heterocycles. The molecule has 0 saturated carbocycles. The number of ether oxygens (including phenoxy) is 1. The van der Waals surface area contributed by atoms with E-state index in [1.165, 1.54) is 6.92 Å². The summed E-state index contributed by atoms with van der Waals surface area (Å²) in [5, 5.41) is 2.68. The van der Waals surface area contributed by atoms with E-state index in [1.807, 2.05) is 35.2 Å². The van der Waals surface area contributed by atoms with Crippen LogP contribution in [0.2, 0.25) is 0 Å². The van der Waals surface area contributed by atoms with Gasteiger partial charge in [-0.1, -0.05) is 51.1 Å². The molecule has 1 aliphatic rings. The minimum atomic E-state index is -0.117. The maximum absolute atomic E-state index is 12.5. The summed E-state index contributed by atoms with van der Waals surface area (Å²) in [5.41, 5.74) is 1.04. The van der Waals surface area contributed by atoms with E-state index in [1.54, 1.807) is 0 Å². The maximum atomic E-state index is 12.5. The molecular weight excluding hydrogens is 304 g/mol. The van der Waals surface area contributed by atoms with Crippen molar-refractivity contribution in [2.24, 2.45) is 5.41 Å². The predicted molar refractivity (Wildman–Crippen MR) is 93.4 cm³/mol. The number of carbonyl (C=O) groups excluding carboxylic acids is 2. The Kier molecular flexibility index (Phi) is 5.99. The molecule has 5 heteroatoms. The van der Waals surface area contributed by atoms with E-state index in [0.29, 0.717) is 26.1 Å². The van der Waals surface area contributed by atoms with Gasteiger partial charge in [0.05, 0.1) is 12.6 Å². The molecule has 1 fully saturated rings. The van der Waals surface area contributed by atoms with Crippen molar-refractivity contribution in [1.82, 2.24) is 10.2 Å². The zero-order valence-electron chi connectivity index (χ0n) is 15.0. The van der Waals surface area contributed by atoms with Gasteiger partial charge in [0, 0.05) is 26.4 Å². The highest BCUT2D eigenvalue weighted by atomic mass is 16.5. The van der Waals surface area contributed by atoms with Crippen LogP contribution in [0.15, 0.2) is 30.3 Å². The third-order valence-electron chi connectivity index (χ3n) is 4.30. The van der Waals surface area contributed by atoms with Crippen molar-refractivity contribution in [3.63, 3.8) is 0 Å². The molecule has 0 radical (unpaired) electrons. The lowest BCUT2D eigenvalue weighted by atomic mass is 9.87. The maximum Gasteiger partial charge on any atom is 0.224 e. The van der Waals surface area contributed by atoms with Gasteiger partial charge in [-0.25, -0.2) is 0 Å². The van der Waals surface area contributed by atoms with Crippen molar-refractivity contribution in [3.05, 3.63) is 35.9 Å². The zero-order valence-corrected chi connectivity index (χ0v) is 15.0. The lowest BCUT2D eigenvalue weighted by Crippen LogP contribution is -2.51. The van der Waals surface area contributed by atoms with Gasteiger partial charge in [-0.3, -0.25) is 9.59 Å². The number of nitrogens with zero attached hydrogens (tertiary/aromatic N) is 1. The summed E-state index contributed by atoms with van der Waals surface area (Å²) in [6, 6.07) is 10.0. The fraction of sp³-hybridized carbons (Fsp3) is 0.579. The molecule has 1 aliphatic heterocycles. The number of nitrogens with one attached hydrogen (secondary N) is 1. The van der Waals surface area contributed by atoms with Crippen molar-refractivity contribution in [2.45, 2.75) is 46.3 Å². The Hall–Kier alpha value is -1.88. The van der Waals surface area contributed by atoms with Gasteiger partial charge < -0.3 is 15.0 Å². The largest absolute Gasteiger partial charge is 0.366 e. The molecular formula is C19H28N2O3. The van der Waals surface area contributed by atoms with E-state index in [2.05, 4.69) is 26.1 Å². The van der Waals surface area contributed by atoms with Crippen LogP contribution >= 0.6 is 0 Å². The summed E-state index contributed by atoms with van der Waals surface area (Å²) in [6.45, 7) is 9.37. The summed E-state index contributed by atoms with van der Waals surface area (Å²) in [7, 11) is 0. The van der Waals surface area contributed by atoms with Crippen LogP contribution in [0.5, 0.6) is 0 Å². The second-order valence-electron chi connectivity index (χ2n) is 7.42. The fourth-order valence-electron chi connectivity index (χ4n) is 2.80. The van der Waals surface area contributed by atoms with E-state index in [9.17, 15) is 9.59 Å². The molecule has 5 nitrogen and oxygen atoms in total. The summed E-state index contributed by atoms with van der Waals surface area (Å²) in [5.74, 6) is -0.0539. The number of benzene rings is 1. The number of morpholine rings is 1. The molecule has 2 amide bonds. The highest BCUT2D eigenvalue weighted by Gasteiger charge is 2.37. The molecule has 24 heavy (non-hydrogen) atoms. The lowest BCUT2D eigenvalue weighted by Gasteiger charge is -2.43. The molecule has 1 aromatic carbocycles. The van der Waals surface area contributed by atoms with Gasteiger partial charge in [-0.15, -0.1) is 0 Å². The normalized spacial score (nSPS) is 21.4. The lowest BCUT2D eigenvalue weighted by molar-refractivity contribution is -0.157. The van der Waals surface area contributed by atoms with Crippen LogP contribution in [-0.4, -0.2) is 42.5 Å². The molecule has 0 unspecified atom stereocenters. The van der Waals surface area contributed by atoms with Gasteiger partial charge in [-0.2, -0.15) is 0 Å². The molecule has 132 valence electrons. The first kappa shape index (κ1) is 18.5. The van der Waals surface area contributed by atoms with Crippen LogP contribution in [0.3, 0.4) is 0 Å². The monoisotopic (exact) mass is 332 g/mol. The van der Waals surface area contributed by atoms with Crippen LogP contribution in [0.4, 0.5) is 0 Å². The van der Waals surface area contributed by atoms with Gasteiger partial charge in [0.2, 0.25) is 11.8 Å². The average Bonchev–Trinajstić information content (AvgIpc) is 2.54. The first-order chi connectivity index (χ1) is 11.3. The first-order valence-electron chi connectivity index (χ1n) is 8.50. The van der Waals surface area contributed by atoms with E-state index in [-0.39, 0.29) is 29.4 Å². The minimum absolute atomic E-state index is 0.0267. The Balaban J connectivity index is 2.09. The molecule has 2 rings (SSSR count). The Morgan fingerprint density at radius 3 is 2.46 bits per heavy atom. The number of carbonyl (C=O) groups is 2. The average molecular weight is 332 g/mol. The predicted octanol–water partition coefficient (Wildman–Crippen LogP) is 2.53. The molecule has 1 N–H and O–H groups in total. The van der Waals surface area contributed by atoms with Crippen LogP contribution in [0.25, 0.3) is 0 Å². The summed E-state index contributed by atoms with van der Waals surface area (Å²) < 4.78 is 6.30. The number of hydrogen-bond acceptors (Lipinski definition) is 3. The molecule has 0 aliphatic carbocycles. The smallest absolute Gasteiger partial charge is 0.224 e. The van der Waals surface area contributed by atoms with Gasteiger partial charge >= 0.3 is 0 Å². The van der Waals surface area contributed by atoms with Crippen molar-refractivity contribution in [1.29, 1.82) is 0 Å². The summed E-state index contributed by atoms with van der Waals surface area (Å²) in [4.78, 5) is 25.4. The van der Waals surface area contributed by atoms with E-state index in [0.717, 1.165) is 5.56 Å². The molecule has 2 atom stereocenters. The molecule has 0 aromatic heterocycles. The quantitative estimate of drug-likeness (QED) is 0.922. The van der Waals surface area contributed by atoms with E-state index in [4.69, 9.17) is 4.74 Å². The number of rotatable bonds is 4. The van der Waals surface area contributed by atoms with Crippen molar-refractivity contribution < 1.29 is 14.3 Å². The Morgan fingerprint density at radius 2 is 1.88 bits per heavy atom. The summed E-state index contributed by atoms with van der Waals surface area (Å²) in [6.07, 6.45) is 0.174. The topological polar surface area (TPSA) is 58.6 Å². The van der Waals surface area contributed by atoms with Gasteiger partial charge in [0.25, 0.3) is 0 Å².